The summed E-state index contributed by atoms with van der Waals surface area (Å²) in [6, 6.07) is 11.9. The first-order valence-corrected chi connectivity index (χ1v) is 5.55. The van der Waals surface area contributed by atoms with Crippen LogP contribution in [-0.2, 0) is 0 Å². The van der Waals surface area contributed by atoms with Crippen molar-refractivity contribution in [2.75, 3.05) is 0 Å². The molecule has 20 heavy (non-hydrogen) atoms. The van der Waals surface area contributed by atoms with Gasteiger partial charge in [-0.05, 0) is 29.8 Å². The van der Waals surface area contributed by atoms with Gasteiger partial charge in [0.15, 0.2) is 0 Å². The minimum atomic E-state index is -1.22. The fourth-order valence-electron chi connectivity index (χ4n) is 1.78. The Bertz CT molecular complexity index is 730. The molecule has 6 heteroatoms. The highest BCUT2D eigenvalue weighted by atomic mass is 16.6. The van der Waals surface area contributed by atoms with E-state index >= 15 is 0 Å². The van der Waals surface area contributed by atoms with Gasteiger partial charge in [0, 0.05) is 6.07 Å². The highest BCUT2D eigenvalue weighted by Gasteiger charge is 2.18. The average Bonchev–Trinajstić information content (AvgIpc) is 2.46. The maximum Gasteiger partial charge on any atom is 0.335 e. The van der Waals surface area contributed by atoms with E-state index in [0.29, 0.717) is 16.7 Å². The van der Waals surface area contributed by atoms with Crippen molar-refractivity contribution >= 4 is 11.7 Å². The third-order valence-corrected chi connectivity index (χ3v) is 2.77. The van der Waals surface area contributed by atoms with E-state index in [0.717, 1.165) is 6.07 Å². The number of hydrogen-bond donors (Lipinski definition) is 1. The number of carboxylic acid groups (broad SMARTS) is 1. The van der Waals surface area contributed by atoms with Crippen LogP contribution in [0.5, 0.6) is 0 Å². The van der Waals surface area contributed by atoms with Crippen LogP contribution in [0.1, 0.15) is 15.9 Å². The van der Waals surface area contributed by atoms with Gasteiger partial charge in [0.2, 0.25) is 0 Å². The summed E-state index contributed by atoms with van der Waals surface area (Å²) in [5, 5.41) is 28.6. The van der Waals surface area contributed by atoms with Crippen molar-refractivity contribution < 1.29 is 14.8 Å². The molecule has 2 aromatic rings. The van der Waals surface area contributed by atoms with Gasteiger partial charge >= 0.3 is 5.97 Å². The van der Waals surface area contributed by atoms with Crippen LogP contribution in [0, 0.1) is 21.4 Å². The van der Waals surface area contributed by atoms with E-state index in [-0.39, 0.29) is 11.3 Å². The zero-order valence-electron chi connectivity index (χ0n) is 10.1. The number of carbonyl (C=O) groups is 1. The summed E-state index contributed by atoms with van der Waals surface area (Å²) in [7, 11) is 0. The number of carboxylic acids is 1. The molecular formula is C14H8N2O4. The van der Waals surface area contributed by atoms with Crippen molar-refractivity contribution in [1.82, 2.24) is 0 Å². The zero-order chi connectivity index (χ0) is 14.7. The average molecular weight is 268 g/mol. The third-order valence-electron chi connectivity index (χ3n) is 2.77. The standard InChI is InChI=1S/C14H8N2O4/c15-8-9-1-3-10(4-2-9)12-6-5-11(14(17)18)7-13(12)16(19)20/h1-7H,(H,17,18). The SMILES string of the molecule is N#Cc1ccc(-c2ccc(C(=O)O)cc2[N+](=O)[O-])cc1. The molecule has 2 aromatic carbocycles. The van der Waals surface area contributed by atoms with E-state index in [1.54, 1.807) is 24.3 Å². The minimum absolute atomic E-state index is 0.144. The number of hydrogen-bond acceptors (Lipinski definition) is 4. The summed E-state index contributed by atoms with van der Waals surface area (Å²) in [5.41, 5.74) is 0.874. The predicted molar refractivity (Wildman–Crippen MR) is 70.2 cm³/mol. The summed E-state index contributed by atoms with van der Waals surface area (Å²) in [5.74, 6) is -1.22. The molecule has 0 saturated heterocycles. The molecule has 0 saturated carbocycles. The lowest BCUT2D eigenvalue weighted by molar-refractivity contribution is -0.384. The number of aromatic carboxylic acids is 1. The fraction of sp³-hybridized carbons (Fsp3) is 0. The maximum absolute atomic E-state index is 11.1. The van der Waals surface area contributed by atoms with E-state index in [1.807, 2.05) is 6.07 Å². The van der Waals surface area contributed by atoms with E-state index in [4.69, 9.17) is 10.4 Å². The molecule has 98 valence electrons. The maximum atomic E-state index is 11.1. The lowest BCUT2D eigenvalue weighted by Crippen LogP contribution is -1.99. The molecular weight excluding hydrogens is 260 g/mol. The van der Waals surface area contributed by atoms with Gasteiger partial charge in [-0.15, -0.1) is 0 Å². The number of nitriles is 1. The summed E-state index contributed by atoms with van der Waals surface area (Å²) in [6.07, 6.45) is 0. The topological polar surface area (TPSA) is 104 Å². The van der Waals surface area contributed by atoms with Crippen LogP contribution in [0.3, 0.4) is 0 Å². The van der Waals surface area contributed by atoms with Crippen molar-refractivity contribution in [3.63, 3.8) is 0 Å². The first-order valence-electron chi connectivity index (χ1n) is 5.55. The smallest absolute Gasteiger partial charge is 0.335 e. The van der Waals surface area contributed by atoms with Crippen LogP contribution in [-0.4, -0.2) is 16.0 Å². The Kier molecular flexibility index (Phi) is 3.44. The molecule has 0 aromatic heterocycles. The number of nitrogens with zero attached hydrogens (tertiary/aromatic N) is 2. The van der Waals surface area contributed by atoms with Crippen LogP contribution in [0.4, 0.5) is 5.69 Å². The molecule has 0 aliphatic heterocycles. The van der Waals surface area contributed by atoms with Crippen molar-refractivity contribution in [2.45, 2.75) is 0 Å². The molecule has 0 heterocycles. The van der Waals surface area contributed by atoms with E-state index in [9.17, 15) is 14.9 Å². The quantitative estimate of drug-likeness (QED) is 0.680. The molecule has 0 amide bonds. The van der Waals surface area contributed by atoms with Crippen LogP contribution in [0.25, 0.3) is 11.1 Å². The molecule has 0 aliphatic rings. The minimum Gasteiger partial charge on any atom is -0.478 e. The number of benzene rings is 2. The second-order valence-electron chi connectivity index (χ2n) is 3.98. The molecule has 0 aliphatic carbocycles. The van der Waals surface area contributed by atoms with Crippen molar-refractivity contribution in [3.8, 4) is 17.2 Å². The third kappa shape index (κ3) is 2.47. The van der Waals surface area contributed by atoms with Crippen LogP contribution in [0.2, 0.25) is 0 Å². The molecule has 0 spiro atoms. The summed E-state index contributed by atoms with van der Waals surface area (Å²) < 4.78 is 0. The Morgan fingerprint density at radius 3 is 2.35 bits per heavy atom. The van der Waals surface area contributed by atoms with Gasteiger partial charge in [-0.1, -0.05) is 12.1 Å². The Morgan fingerprint density at radius 1 is 1.20 bits per heavy atom. The lowest BCUT2D eigenvalue weighted by Gasteiger charge is -2.04. The van der Waals surface area contributed by atoms with Crippen LogP contribution in [0.15, 0.2) is 42.5 Å². The second-order valence-corrected chi connectivity index (χ2v) is 3.98. The monoisotopic (exact) mass is 268 g/mol. The highest BCUT2D eigenvalue weighted by molar-refractivity contribution is 5.90. The van der Waals surface area contributed by atoms with Gasteiger partial charge in [-0.2, -0.15) is 5.26 Å². The molecule has 2 rings (SSSR count). The summed E-state index contributed by atoms with van der Waals surface area (Å²) >= 11 is 0. The van der Waals surface area contributed by atoms with Gasteiger partial charge in [-0.25, -0.2) is 4.79 Å². The van der Waals surface area contributed by atoms with Crippen molar-refractivity contribution in [3.05, 3.63) is 63.7 Å². The van der Waals surface area contributed by atoms with Crippen LogP contribution >= 0.6 is 0 Å². The van der Waals surface area contributed by atoms with Gasteiger partial charge in [0.1, 0.15) is 0 Å². The molecule has 0 fully saturated rings. The largest absolute Gasteiger partial charge is 0.478 e. The first-order chi connectivity index (χ1) is 9.52. The van der Waals surface area contributed by atoms with Crippen molar-refractivity contribution in [1.29, 1.82) is 5.26 Å². The number of rotatable bonds is 3. The van der Waals surface area contributed by atoms with E-state index in [2.05, 4.69) is 0 Å². The van der Waals surface area contributed by atoms with Crippen molar-refractivity contribution in [2.24, 2.45) is 0 Å². The molecule has 1 N–H and O–H groups in total. The van der Waals surface area contributed by atoms with Gasteiger partial charge in [0.25, 0.3) is 5.69 Å². The normalized spacial score (nSPS) is 9.75. The molecule has 0 radical (unpaired) electrons. The molecule has 0 atom stereocenters. The van der Waals surface area contributed by atoms with Gasteiger partial charge in [0.05, 0.1) is 27.7 Å². The lowest BCUT2D eigenvalue weighted by atomic mass is 10.0. The highest BCUT2D eigenvalue weighted by Crippen LogP contribution is 2.30. The Hall–Kier alpha value is -3.20. The van der Waals surface area contributed by atoms with Gasteiger partial charge < -0.3 is 5.11 Å². The fourth-order valence-corrected chi connectivity index (χ4v) is 1.78. The predicted octanol–water partition coefficient (Wildman–Crippen LogP) is 2.83. The second kappa shape index (κ2) is 5.20. The molecule has 6 nitrogen and oxygen atoms in total. The van der Waals surface area contributed by atoms with Crippen LogP contribution < -0.4 is 0 Å². The van der Waals surface area contributed by atoms with E-state index in [1.165, 1.54) is 12.1 Å². The summed E-state index contributed by atoms with van der Waals surface area (Å²) in [4.78, 5) is 21.3. The zero-order valence-corrected chi connectivity index (χ0v) is 10.1. The van der Waals surface area contributed by atoms with Gasteiger partial charge in [-0.3, -0.25) is 10.1 Å². The number of nitro benzene ring substituents is 1. The van der Waals surface area contributed by atoms with E-state index < -0.39 is 10.9 Å². The molecule has 0 unspecified atom stereocenters. The number of nitro groups is 1. The Labute approximate surface area is 113 Å². The Morgan fingerprint density at radius 2 is 1.85 bits per heavy atom. The first kappa shape index (κ1) is 13.2. The summed E-state index contributed by atoms with van der Waals surface area (Å²) in [6.45, 7) is 0. The Balaban J connectivity index is 2.58. The molecule has 0 bridgehead atoms.